The van der Waals surface area contributed by atoms with Crippen LogP contribution in [0.4, 0.5) is 0 Å². The van der Waals surface area contributed by atoms with Crippen LogP contribution in [0.25, 0.3) is 0 Å². The van der Waals surface area contributed by atoms with Crippen molar-refractivity contribution in [3.8, 4) is 0 Å². The summed E-state index contributed by atoms with van der Waals surface area (Å²) in [6.07, 6.45) is 26.0. The van der Waals surface area contributed by atoms with Gasteiger partial charge in [-0.1, -0.05) is 104 Å². The van der Waals surface area contributed by atoms with Crippen LogP contribution in [0.5, 0.6) is 0 Å². The molecule has 0 saturated carbocycles. The molecule has 0 radical (unpaired) electrons. The molecule has 0 unspecified atom stereocenters. The minimum Gasteiger partial charge on any atom is -0.756 e. The number of quaternary nitrogens is 1. The summed E-state index contributed by atoms with van der Waals surface area (Å²) in [7, 11) is -0.00996. The molecule has 0 bridgehead atoms. The van der Waals surface area contributed by atoms with Crippen LogP contribution in [0.15, 0.2) is 0 Å². The molecule has 0 amide bonds. The monoisotopic (exact) mass is 451 g/mol. The summed E-state index contributed by atoms with van der Waals surface area (Å²) in [5.74, 6) is 0. The van der Waals surface area contributed by atoms with E-state index in [1.165, 1.54) is 133 Å². The van der Waals surface area contributed by atoms with Crippen LogP contribution >= 0.6 is 7.82 Å². The largest absolute Gasteiger partial charge is 0.756 e. The Morgan fingerprint density at radius 1 is 0.567 bits per heavy atom. The molecule has 0 aliphatic rings. The molecule has 5 nitrogen and oxygen atoms in total. The van der Waals surface area contributed by atoms with Crippen molar-refractivity contribution >= 4 is 7.82 Å². The van der Waals surface area contributed by atoms with Crippen LogP contribution < -0.4 is 4.89 Å². The zero-order valence-electron chi connectivity index (χ0n) is 20.7. The molecular weight excluding hydrogens is 397 g/mol. The summed E-state index contributed by atoms with van der Waals surface area (Å²) < 4.78 is 10.0. The highest BCUT2D eigenvalue weighted by atomic mass is 31.2. The van der Waals surface area contributed by atoms with Gasteiger partial charge in [-0.15, -0.1) is 0 Å². The third-order valence-electron chi connectivity index (χ3n) is 5.73. The molecule has 0 heterocycles. The molecular formula is C24H54NO4P. The van der Waals surface area contributed by atoms with E-state index >= 15 is 0 Å². The summed E-state index contributed by atoms with van der Waals surface area (Å²) in [4.78, 5) is 22.9. The van der Waals surface area contributed by atoms with Crippen LogP contribution in [-0.2, 0) is 4.57 Å². The molecule has 0 aliphatic heterocycles. The Hall–Kier alpha value is 0.0700. The predicted octanol–water partition coefficient (Wildman–Crippen LogP) is 6.56. The molecule has 0 aromatic carbocycles. The van der Waals surface area contributed by atoms with E-state index < -0.39 is 7.82 Å². The lowest BCUT2D eigenvalue weighted by atomic mass is 10.1. The van der Waals surface area contributed by atoms with Crippen molar-refractivity contribution in [2.45, 2.75) is 129 Å². The highest BCUT2D eigenvalue weighted by Gasteiger charge is 2.13. The van der Waals surface area contributed by atoms with Crippen LogP contribution in [0.3, 0.4) is 0 Å². The Kier molecular flexibility index (Phi) is 23.9. The molecule has 0 fully saturated rings. The van der Waals surface area contributed by atoms with E-state index in [1.54, 1.807) is 0 Å². The van der Waals surface area contributed by atoms with Crippen molar-refractivity contribution in [2.24, 2.45) is 0 Å². The van der Waals surface area contributed by atoms with Gasteiger partial charge in [-0.2, -0.15) is 0 Å². The first-order valence-electron chi connectivity index (χ1n) is 12.7. The summed E-state index contributed by atoms with van der Waals surface area (Å²) in [6, 6.07) is 0. The van der Waals surface area contributed by atoms with Gasteiger partial charge < -0.3 is 19.2 Å². The fourth-order valence-electron chi connectivity index (χ4n) is 3.81. The van der Waals surface area contributed by atoms with Crippen LogP contribution in [0, 0.1) is 0 Å². The molecule has 0 spiro atoms. The van der Waals surface area contributed by atoms with Gasteiger partial charge in [-0.05, 0) is 25.7 Å². The highest BCUT2D eigenvalue weighted by Crippen LogP contribution is 2.19. The quantitative estimate of drug-likeness (QED) is 0.125. The van der Waals surface area contributed by atoms with Crippen LogP contribution in [-0.4, -0.2) is 41.5 Å². The van der Waals surface area contributed by atoms with E-state index in [1.807, 2.05) is 0 Å². The second-order valence-corrected chi connectivity index (χ2v) is 10.5. The average molecular weight is 452 g/mol. The van der Waals surface area contributed by atoms with E-state index in [0.717, 1.165) is 0 Å². The lowest BCUT2D eigenvalue weighted by Crippen LogP contribution is -2.41. The van der Waals surface area contributed by atoms with Crippen molar-refractivity contribution in [1.29, 1.82) is 0 Å². The Bertz CT molecular complexity index is 377. The van der Waals surface area contributed by atoms with E-state index in [-0.39, 0.29) is 0 Å². The number of hydrogen-bond acceptors (Lipinski definition) is 2. The summed E-state index contributed by atoms with van der Waals surface area (Å²) in [6.45, 7) is 7.36. The molecule has 2 N–H and O–H groups in total. The molecule has 6 heteroatoms. The first-order chi connectivity index (χ1) is 14.1. The fraction of sp³-hybridized carbons (Fsp3) is 1.00. The maximum absolute atomic E-state index is 8.77. The summed E-state index contributed by atoms with van der Waals surface area (Å²) in [5.41, 5.74) is 0. The molecule has 30 heavy (non-hydrogen) atoms. The van der Waals surface area contributed by atoms with Crippen molar-refractivity contribution in [1.82, 2.24) is 0 Å². The second kappa shape index (κ2) is 22.3. The third kappa shape index (κ3) is 35.5. The predicted molar refractivity (Wildman–Crippen MR) is 128 cm³/mol. The zero-order chi connectivity index (χ0) is 23.1. The van der Waals surface area contributed by atoms with Gasteiger partial charge in [0.25, 0.3) is 7.82 Å². The van der Waals surface area contributed by atoms with Gasteiger partial charge in [0.2, 0.25) is 0 Å². The Balaban J connectivity index is 0. The number of rotatable bonds is 20. The van der Waals surface area contributed by atoms with E-state index in [2.05, 4.69) is 27.9 Å². The second-order valence-electron chi connectivity index (χ2n) is 9.53. The van der Waals surface area contributed by atoms with Gasteiger partial charge in [-0.3, -0.25) is 4.57 Å². The minimum absolute atomic E-state index is 1.24. The molecule has 184 valence electrons. The SMILES string of the molecule is CCCCCCCCCCCC[N+](C)(C)CCCCCCCCCC.O=P([O-])(O)O. The van der Waals surface area contributed by atoms with Crippen molar-refractivity contribution in [3.05, 3.63) is 0 Å². The zero-order valence-corrected chi connectivity index (χ0v) is 21.6. The maximum atomic E-state index is 8.77. The van der Waals surface area contributed by atoms with E-state index in [0.29, 0.717) is 0 Å². The first-order valence-corrected chi connectivity index (χ1v) is 14.2. The minimum atomic E-state index is -4.89. The van der Waals surface area contributed by atoms with Gasteiger partial charge in [0.05, 0.1) is 27.2 Å². The topological polar surface area (TPSA) is 80.6 Å². The average Bonchev–Trinajstić information content (AvgIpc) is 2.64. The smallest absolute Gasteiger partial charge is 0.262 e. The lowest BCUT2D eigenvalue weighted by molar-refractivity contribution is -0.890. The number of nitrogens with zero attached hydrogens (tertiary/aromatic N) is 1. The first kappa shape index (κ1) is 32.3. The molecule has 0 rings (SSSR count). The summed E-state index contributed by atoms with van der Waals surface area (Å²) in [5, 5.41) is 0. The number of hydrogen-bond donors (Lipinski definition) is 2. The normalized spacial score (nSPS) is 12.0. The molecule has 0 aromatic heterocycles. The van der Waals surface area contributed by atoms with Gasteiger partial charge in [0, 0.05) is 0 Å². The number of phosphoric acid groups is 1. The molecule has 0 saturated heterocycles. The Morgan fingerprint density at radius 2 is 0.767 bits per heavy atom. The Morgan fingerprint density at radius 3 is 1.00 bits per heavy atom. The Labute approximate surface area is 188 Å². The molecule has 0 atom stereocenters. The highest BCUT2D eigenvalue weighted by molar-refractivity contribution is 7.43. The van der Waals surface area contributed by atoms with E-state index in [4.69, 9.17) is 19.2 Å². The van der Waals surface area contributed by atoms with Crippen molar-refractivity contribution in [2.75, 3.05) is 27.2 Å². The van der Waals surface area contributed by atoms with Gasteiger partial charge >= 0.3 is 0 Å². The van der Waals surface area contributed by atoms with Crippen LogP contribution in [0.2, 0.25) is 0 Å². The van der Waals surface area contributed by atoms with Gasteiger partial charge in [0.1, 0.15) is 0 Å². The van der Waals surface area contributed by atoms with Crippen LogP contribution in [0.1, 0.15) is 129 Å². The van der Waals surface area contributed by atoms with Crippen molar-refractivity contribution < 1.29 is 23.7 Å². The van der Waals surface area contributed by atoms with E-state index in [9.17, 15) is 0 Å². The molecule has 0 aliphatic carbocycles. The third-order valence-corrected chi connectivity index (χ3v) is 5.73. The standard InChI is InChI=1S/C24H52N.H3O4P/c1-5-7-9-11-13-15-16-18-20-22-24-25(3,4)23-21-19-17-14-12-10-8-6-2;1-5(2,3)4/h5-24H2,1-4H3;(H3,1,2,3,4)/q+1;/p-1. The van der Waals surface area contributed by atoms with Gasteiger partial charge in [0.15, 0.2) is 0 Å². The summed E-state index contributed by atoms with van der Waals surface area (Å²) >= 11 is 0. The number of unbranched alkanes of at least 4 members (excludes halogenated alkanes) is 16. The lowest BCUT2D eigenvalue weighted by Gasteiger charge is -2.30. The fourth-order valence-corrected chi connectivity index (χ4v) is 3.81. The molecule has 0 aromatic rings. The van der Waals surface area contributed by atoms with Gasteiger partial charge in [-0.25, -0.2) is 0 Å². The maximum Gasteiger partial charge on any atom is 0.262 e. The van der Waals surface area contributed by atoms with Crippen molar-refractivity contribution in [3.63, 3.8) is 0 Å².